The molecule has 5 rings (SSSR count). The first-order valence-corrected chi connectivity index (χ1v) is 11.8. The zero-order chi connectivity index (χ0) is 25.8. The molecule has 2 aromatic carbocycles. The number of H-pyrrole nitrogens is 1. The maximum atomic E-state index is 13.1. The molecule has 1 saturated heterocycles. The lowest BCUT2D eigenvalue weighted by Crippen LogP contribution is -2.37. The van der Waals surface area contributed by atoms with Crippen LogP contribution in [-0.4, -0.2) is 50.5 Å². The van der Waals surface area contributed by atoms with Gasteiger partial charge in [0, 0.05) is 42.4 Å². The zero-order valence-electron chi connectivity index (χ0n) is 19.8. The van der Waals surface area contributed by atoms with Gasteiger partial charge in [0.1, 0.15) is 18.4 Å². The molecule has 1 N–H and O–H groups in total. The van der Waals surface area contributed by atoms with E-state index in [1.807, 2.05) is 48.7 Å². The molecule has 1 unspecified atom stereocenters. The summed E-state index contributed by atoms with van der Waals surface area (Å²) in [6.45, 7) is 0.310. The predicted octanol–water partition coefficient (Wildman–Crippen LogP) is 4.65. The molecule has 1 amide bonds. The van der Waals surface area contributed by atoms with Gasteiger partial charge in [0.25, 0.3) is 5.69 Å². The minimum atomic E-state index is -0.602. The van der Waals surface area contributed by atoms with Crippen molar-refractivity contribution < 1.29 is 24.0 Å². The smallest absolute Gasteiger partial charge is 0.410 e. The second-order valence-electron chi connectivity index (χ2n) is 8.83. The molecule has 0 bridgehead atoms. The average Bonchev–Trinajstić information content (AvgIpc) is 3.52. The molecule has 3 heterocycles. The second-order valence-corrected chi connectivity index (χ2v) is 8.83. The van der Waals surface area contributed by atoms with Crippen LogP contribution < -0.4 is 0 Å². The summed E-state index contributed by atoms with van der Waals surface area (Å²) >= 11 is 0. The topological polar surface area (TPSA) is 128 Å². The summed E-state index contributed by atoms with van der Waals surface area (Å²) in [6.07, 6.45) is 3.49. The van der Waals surface area contributed by atoms with Crippen molar-refractivity contribution in [3.63, 3.8) is 0 Å². The van der Waals surface area contributed by atoms with Crippen LogP contribution in [0.5, 0.6) is 0 Å². The van der Waals surface area contributed by atoms with Crippen LogP contribution >= 0.6 is 0 Å². The summed E-state index contributed by atoms with van der Waals surface area (Å²) in [5, 5.41) is 11.9. The first-order chi connectivity index (χ1) is 18.0. The Morgan fingerprint density at radius 1 is 1.08 bits per heavy atom. The number of hydrogen-bond acceptors (Lipinski definition) is 7. The van der Waals surface area contributed by atoms with Crippen molar-refractivity contribution in [2.24, 2.45) is 0 Å². The van der Waals surface area contributed by atoms with Gasteiger partial charge < -0.3 is 19.4 Å². The lowest BCUT2D eigenvalue weighted by molar-refractivity contribution is -0.384. The molecule has 2 atom stereocenters. The Kier molecular flexibility index (Phi) is 6.80. The molecule has 1 fully saturated rings. The first kappa shape index (κ1) is 24.0. The second kappa shape index (κ2) is 10.5. The summed E-state index contributed by atoms with van der Waals surface area (Å²) in [4.78, 5) is 45.3. The molecular weight excluding hydrogens is 476 g/mol. The number of carbonyl (C=O) groups excluding carboxylic acids is 2. The number of likely N-dealkylation sites (tertiary alicyclic amines) is 1. The maximum absolute atomic E-state index is 13.1. The number of nitrogens with one attached hydrogen (secondary N) is 1. The molecule has 0 aliphatic carbocycles. The summed E-state index contributed by atoms with van der Waals surface area (Å²) in [6, 6.07) is 18.2. The van der Waals surface area contributed by atoms with E-state index in [-0.39, 0.29) is 30.4 Å². The highest BCUT2D eigenvalue weighted by Crippen LogP contribution is 2.28. The lowest BCUT2D eigenvalue weighted by Gasteiger charge is -2.23. The predicted molar refractivity (Wildman–Crippen MR) is 134 cm³/mol. The number of aromatic amines is 1. The summed E-state index contributed by atoms with van der Waals surface area (Å²) in [7, 11) is 0. The van der Waals surface area contributed by atoms with E-state index in [2.05, 4.69) is 9.97 Å². The molecule has 2 aromatic heterocycles. The first-order valence-electron chi connectivity index (χ1n) is 11.8. The molecule has 0 saturated carbocycles. The van der Waals surface area contributed by atoms with E-state index >= 15 is 0 Å². The SMILES string of the molecule is O=C(OC1C[C@@H](Cc2c[nH]c3ncccc23)N(C(=O)OCc2ccccc2)C1)c1ccc([N+](=O)[O-])cc1. The van der Waals surface area contributed by atoms with Gasteiger partial charge in [0.15, 0.2) is 0 Å². The number of nitro groups is 1. The van der Waals surface area contributed by atoms with Crippen LogP contribution in [-0.2, 0) is 22.5 Å². The van der Waals surface area contributed by atoms with E-state index in [1.54, 1.807) is 11.1 Å². The van der Waals surface area contributed by atoms with Crippen molar-refractivity contribution in [3.05, 3.63) is 106 Å². The Morgan fingerprint density at radius 3 is 2.62 bits per heavy atom. The minimum Gasteiger partial charge on any atom is -0.457 e. The van der Waals surface area contributed by atoms with E-state index in [9.17, 15) is 19.7 Å². The molecule has 37 heavy (non-hydrogen) atoms. The third kappa shape index (κ3) is 5.43. The van der Waals surface area contributed by atoms with Crippen LogP contribution in [0.2, 0.25) is 0 Å². The van der Waals surface area contributed by atoms with Gasteiger partial charge in [-0.25, -0.2) is 14.6 Å². The highest BCUT2D eigenvalue weighted by molar-refractivity contribution is 5.89. The number of esters is 1. The highest BCUT2D eigenvalue weighted by Gasteiger charge is 2.38. The van der Waals surface area contributed by atoms with E-state index < -0.39 is 23.1 Å². The van der Waals surface area contributed by atoms with Crippen LogP contribution in [0.1, 0.15) is 27.9 Å². The monoisotopic (exact) mass is 500 g/mol. The van der Waals surface area contributed by atoms with E-state index in [0.29, 0.717) is 12.8 Å². The molecule has 0 spiro atoms. The fraction of sp³-hybridized carbons (Fsp3) is 0.222. The van der Waals surface area contributed by atoms with Gasteiger partial charge in [0.05, 0.1) is 17.0 Å². The van der Waals surface area contributed by atoms with Crippen molar-refractivity contribution in [2.45, 2.75) is 31.6 Å². The van der Waals surface area contributed by atoms with Crippen molar-refractivity contribution in [2.75, 3.05) is 6.54 Å². The van der Waals surface area contributed by atoms with Crippen molar-refractivity contribution in [3.8, 4) is 0 Å². The van der Waals surface area contributed by atoms with Crippen LogP contribution in [0.25, 0.3) is 11.0 Å². The van der Waals surface area contributed by atoms with Crippen molar-refractivity contribution in [1.29, 1.82) is 0 Å². The molecular formula is C27H24N4O6. The third-order valence-electron chi connectivity index (χ3n) is 6.40. The minimum absolute atomic E-state index is 0.113. The molecule has 1 aliphatic heterocycles. The van der Waals surface area contributed by atoms with Gasteiger partial charge in [-0.1, -0.05) is 30.3 Å². The average molecular weight is 501 g/mol. The van der Waals surface area contributed by atoms with Gasteiger partial charge in [-0.15, -0.1) is 0 Å². The number of ether oxygens (including phenoxy) is 2. The number of nitro benzene ring substituents is 1. The normalized spacial score (nSPS) is 17.0. The Labute approximate surface area is 212 Å². The maximum Gasteiger partial charge on any atom is 0.410 e. The molecule has 188 valence electrons. The number of benzene rings is 2. The summed E-state index contributed by atoms with van der Waals surface area (Å²) < 4.78 is 11.3. The number of hydrogen-bond donors (Lipinski definition) is 1. The third-order valence-corrected chi connectivity index (χ3v) is 6.40. The number of pyridine rings is 1. The number of non-ortho nitro benzene ring substituents is 1. The number of aromatic nitrogens is 2. The van der Waals surface area contributed by atoms with Gasteiger partial charge in [0.2, 0.25) is 0 Å². The molecule has 0 radical (unpaired) electrons. The van der Waals surface area contributed by atoms with Crippen molar-refractivity contribution >= 4 is 28.8 Å². The summed E-state index contributed by atoms with van der Waals surface area (Å²) in [5.41, 5.74) is 2.72. The van der Waals surface area contributed by atoms with Crippen LogP contribution in [0, 0.1) is 10.1 Å². The number of fused-ring (bicyclic) bond motifs is 1. The molecule has 4 aromatic rings. The number of nitrogens with zero attached hydrogens (tertiary/aromatic N) is 3. The standard InChI is InChI=1S/C27H24N4O6/c32-26(19-8-10-21(11-9-19)31(34)35)37-23-14-22(13-20-15-29-25-24(20)7-4-12-28-25)30(16-23)27(33)36-17-18-5-2-1-3-6-18/h1-12,15,22-23H,13-14,16-17H2,(H,28,29)/t22-,23?/m1/s1. The van der Waals surface area contributed by atoms with Gasteiger partial charge in [-0.2, -0.15) is 0 Å². The number of rotatable bonds is 7. The molecule has 10 nitrogen and oxygen atoms in total. The van der Waals surface area contributed by atoms with Crippen LogP contribution in [0.15, 0.2) is 79.1 Å². The fourth-order valence-corrected chi connectivity index (χ4v) is 4.55. The quantitative estimate of drug-likeness (QED) is 0.222. The van der Waals surface area contributed by atoms with Gasteiger partial charge in [-0.05, 0) is 41.8 Å². The van der Waals surface area contributed by atoms with Crippen LogP contribution in [0.3, 0.4) is 0 Å². The highest BCUT2D eigenvalue weighted by atomic mass is 16.6. The van der Waals surface area contributed by atoms with Gasteiger partial charge >= 0.3 is 12.1 Å². The summed E-state index contributed by atoms with van der Waals surface area (Å²) in [5.74, 6) is -0.602. The Hall–Kier alpha value is -4.73. The van der Waals surface area contributed by atoms with Crippen LogP contribution in [0.4, 0.5) is 10.5 Å². The zero-order valence-corrected chi connectivity index (χ0v) is 19.8. The van der Waals surface area contributed by atoms with E-state index in [1.165, 1.54) is 24.3 Å². The van der Waals surface area contributed by atoms with E-state index in [4.69, 9.17) is 9.47 Å². The number of amides is 1. The van der Waals surface area contributed by atoms with E-state index in [0.717, 1.165) is 22.2 Å². The number of carbonyl (C=O) groups is 2. The fourth-order valence-electron chi connectivity index (χ4n) is 4.55. The molecule has 1 aliphatic rings. The Morgan fingerprint density at radius 2 is 1.86 bits per heavy atom. The lowest BCUT2D eigenvalue weighted by atomic mass is 10.0. The van der Waals surface area contributed by atoms with Gasteiger partial charge in [-0.3, -0.25) is 10.1 Å². The Bertz CT molecular complexity index is 1420. The van der Waals surface area contributed by atoms with Crippen molar-refractivity contribution in [1.82, 2.24) is 14.9 Å². The Balaban J connectivity index is 1.31. The molecule has 10 heteroatoms. The largest absolute Gasteiger partial charge is 0.457 e.